The second-order valence-electron chi connectivity index (χ2n) is 8.21. The number of fused-ring (bicyclic) bond motifs is 1. The Morgan fingerprint density at radius 3 is 2.70 bits per heavy atom. The molecule has 1 atom stereocenters. The first-order valence-corrected chi connectivity index (χ1v) is 12.3. The van der Waals surface area contributed by atoms with Crippen molar-refractivity contribution in [2.24, 2.45) is 0 Å². The van der Waals surface area contributed by atoms with Gasteiger partial charge in [0.1, 0.15) is 11.6 Å². The van der Waals surface area contributed by atoms with E-state index in [1.165, 1.54) is 10.5 Å². The zero-order valence-corrected chi connectivity index (χ0v) is 19.9. The minimum absolute atomic E-state index is 0.294. The van der Waals surface area contributed by atoms with Crippen molar-refractivity contribution in [1.82, 2.24) is 24.3 Å². The molecule has 0 fully saturated rings. The second-order valence-corrected chi connectivity index (χ2v) is 9.09. The summed E-state index contributed by atoms with van der Waals surface area (Å²) in [4.78, 5) is 10.5. The van der Waals surface area contributed by atoms with Crippen molar-refractivity contribution in [1.29, 1.82) is 0 Å². The highest BCUT2D eigenvalue weighted by atomic mass is 32.2. The van der Waals surface area contributed by atoms with Crippen LogP contribution in [0.4, 0.5) is 0 Å². The lowest BCUT2D eigenvalue weighted by atomic mass is 9.91. The molecule has 0 unspecified atom stereocenters. The molecule has 0 radical (unpaired) electrons. The van der Waals surface area contributed by atoms with Gasteiger partial charge >= 0.3 is 0 Å². The predicted octanol–water partition coefficient (Wildman–Crippen LogP) is 5.60. The normalized spacial score (nSPS) is 15.7. The van der Waals surface area contributed by atoms with Crippen LogP contribution in [0.2, 0.25) is 0 Å². The van der Waals surface area contributed by atoms with Crippen molar-refractivity contribution < 1.29 is 4.74 Å². The van der Waals surface area contributed by atoms with Gasteiger partial charge < -0.3 is 9.30 Å². The molecule has 2 aromatic carbocycles. The van der Waals surface area contributed by atoms with E-state index in [4.69, 9.17) is 14.8 Å². The van der Waals surface area contributed by atoms with Gasteiger partial charge in [0.15, 0.2) is 5.82 Å². The van der Waals surface area contributed by atoms with Gasteiger partial charge in [0.25, 0.3) is 0 Å². The molecule has 0 spiro atoms. The van der Waals surface area contributed by atoms with Crippen LogP contribution in [0.25, 0.3) is 17.8 Å². The van der Waals surface area contributed by atoms with E-state index in [2.05, 4.69) is 46.3 Å². The molecule has 7 heteroatoms. The zero-order valence-electron chi connectivity index (χ0n) is 19.1. The number of thioether (sulfide) groups is 1. The number of hydrogen-bond donors (Lipinski definition) is 0. The van der Waals surface area contributed by atoms with Crippen LogP contribution in [-0.4, -0.2) is 37.7 Å². The molecule has 6 nitrogen and oxygen atoms in total. The van der Waals surface area contributed by atoms with Gasteiger partial charge in [-0.25, -0.2) is 14.6 Å². The minimum atomic E-state index is 0.294. The van der Waals surface area contributed by atoms with E-state index in [1.807, 2.05) is 42.0 Å². The summed E-state index contributed by atoms with van der Waals surface area (Å²) in [6.07, 6.45) is 12.1. The Morgan fingerprint density at radius 1 is 1.12 bits per heavy atom. The number of ether oxygens (including phenoxy) is 1. The van der Waals surface area contributed by atoms with Gasteiger partial charge in [0.2, 0.25) is 0 Å². The maximum atomic E-state index is 5.63. The molecule has 1 aliphatic rings. The van der Waals surface area contributed by atoms with Crippen LogP contribution in [0, 0.1) is 6.92 Å². The van der Waals surface area contributed by atoms with Gasteiger partial charge in [0, 0.05) is 23.6 Å². The number of nitrogens with zero attached hydrogens (tertiary/aromatic N) is 5. The minimum Gasteiger partial charge on any atom is -0.495 e. The van der Waals surface area contributed by atoms with Crippen molar-refractivity contribution in [3.8, 4) is 11.4 Å². The lowest BCUT2D eigenvalue weighted by Gasteiger charge is -2.22. The van der Waals surface area contributed by atoms with Crippen molar-refractivity contribution in [3.63, 3.8) is 0 Å². The largest absolute Gasteiger partial charge is 0.495 e. The Hall–Kier alpha value is -3.32. The number of benzene rings is 2. The molecule has 1 aliphatic heterocycles. The number of aromatic nitrogens is 5. The van der Waals surface area contributed by atoms with Gasteiger partial charge in [-0.05, 0) is 67.5 Å². The molecule has 0 N–H and O–H groups in total. The fourth-order valence-corrected chi connectivity index (χ4v) is 4.73. The highest BCUT2D eigenvalue weighted by Gasteiger charge is 2.25. The summed E-state index contributed by atoms with van der Waals surface area (Å²) >= 11 is 1.77. The average Bonchev–Trinajstić information content (AvgIpc) is 3.48. The van der Waals surface area contributed by atoms with Crippen LogP contribution in [-0.2, 0) is 6.54 Å². The van der Waals surface area contributed by atoms with Gasteiger partial charge in [-0.3, -0.25) is 0 Å². The quantitative estimate of drug-likeness (QED) is 0.353. The molecule has 0 amide bonds. The summed E-state index contributed by atoms with van der Waals surface area (Å²) in [5, 5.41) is 4.76. The molecular weight excluding hydrogens is 430 g/mol. The van der Waals surface area contributed by atoms with Gasteiger partial charge in [-0.15, -0.1) is 11.8 Å². The summed E-state index contributed by atoms with van der Waals surface area (Å²) < 4.78 is 9.67. The fraction of sp³-hybridized carbons (Fsp3) is 0.269. The van der Waals surface area contributed by atoms with Crippen molar-refractivity contribution >= 4 is 23.9 Å². The standard InChI is InChI=1S/C26H27N5OS/c1-18-16-30(17-27-18)23-12-6-19(15-24(23)32-2)7-13-25-28-26-22(5-4-14-31(26)29-25)20-8-10-21(33-3)11-9-20/h6-13,15-17,22H,4-5,14H2,1-3H3/b13-7+/t22-/m1/s1. The summed E-state index contributed by atoms with van der Waals surface area (Å²) in [7, 11) is 1.69. The van der Waals surface area contributed by atoms with Crippen molar-refractivity contribution in [2.75, 3.05) is 13.4 Å². The van der Waals surface area contributed by atoms with Crippen LogP contribution in [0.1, 0.15) is 47.2 Å². The molecule has 0 aliphatic carbocycles. The average molecular weight is 458 g/mol. The number of rotatable bonds is 6. The Labute approximate surface area is 198 Å². The Balaban J connectivity index is 1.39. The van der Waals surface area contributed by atoms with Crippen molar-refractivity contribution in [3.05, 3.63) is 83.5 Å². The second kappa shape index (κ2) is 9.27. The predicted molar refractivity (Wildman–Crippen MR) is 133 cm³/mol. The Kier molecular flexibility index (Phi) is 6.05. The molecule has 168 valence electrons. The first-order chi connectivity index (χ1) is 16.1. The van der Waals surface area contributed by atoms with Gasteiger partial charge in [0.05, 0.1) is 24.8 Å². The highest BCUT2D eigenvalue weighted by molar-refractivity contribution is 7.98. The molecule has 5 rings (SSSR count). The summed E-state index contributed by atoms with van der Waals surface area (Å²) in [6, 6.07) is 15.0. The number of methoxy groups -OCH3 is 1. The lowest BCUT2D eigenvalue weighted by Crippen LogP contribution is -2.17. The van der Waals surface area contributed by atoms with E-state index in [9.17, 15) is 0 Å². The molecule has 0 bridgehead atoms. The van der Waals surface area contributed by atoms with Crippen LogP contribution in [0.3, 0.4) is 0 Å². The SMILES string of the molecule is COc1cc(/C=C/c2nc3n(n2)CCC[C@@H]3c2ccc(SC)cc2)ccc1-n1cnc(C)c1. The van der Waals surface area contributed by atoms with Crippen LogP contribution in [0.5, 0.6) is 5.75 Å². The fourth-order valence-electron chi connectivity index (χ4n) is 4.33. The Bertz CT molecular complexity index is 1290. The van der Waals surface area contributed by atoms with E-state index >= 15 is 0 Å². The van der Waals surface area contributed by atoms with E-state index in [0.717, 1.165) is 53.7 Å². The third kappa shape index (κ3) is 4.46. The zero-order chi connectivity index (χ0) is 22.8. The number of imidazole rings is 1. The Morgan fingerprint density at radius 2 is 1.97 bits per heavy atom. The van der Waals surface area contributed by atoms with E-state index < -0.39 is 0 Å². The monoisotopic (exact) mass is 457 g/mol. The number of hydrogen-bond acceptors (Lipinski definition) is 5. The molecule has 3 heterocycles. The molecule has 2 aromatic heterocycles. The molecule has 33 heavy (non-hydrogen) atoms. The van der Waals surface area contributed by atoms with Crippen LogP contribution >= 0.6 is 11.8 Å². The van der Waals surface area contributed by atoms with Crippen LogP contribution < -0.4 is 4.74 Å². The maximum absolute atomic E-state index is 5.63. The smallest absolute Gasteiger partial charge is 0.174 e. The first-order valence-electron chi connectivity index (χ1n) is 11.1. The topological polar surface area (TPSA) is 57.8 Å². The van der Waals surface area contributed by atoms with Gasteiger partial charge in [-0.2, -0.15) is 5.10 Å². The molecule has 0 saturated heterocycles. The molecule has 0 saturated carbocycles. The van der Waals surface area contributed by atoms with Crippen LogP contribution in [0.15, 0.2) is 59.9 Å². The van der Waals surface area contributed by atoms with Crippen molar-refractivity contribution in [2.45, 2.75) is 37.1 Å². The highest BCUT2D eigenvalue weighted by Crippen LogP contribution is 2.33. The van der Waals surface area contributed by atoms with E-state index in [-0.39, 0.29) is 0 Å². The third-order valence-corrected chi connectivity index (χ3v) is 6.77. The number of aryl methyl sites for hydroxylation is 2. The summed E-state index contributed by atoms with van der Waals surface area (Å²) in [5.41, 5.74) is 4.27. The molecular formula is C26H27N5OS. The van der Waals surface area contributed by atoms with E-state index in [1.54, 1.807) is 25.2 Å². The summed E-state index contributed by atoms with van der Waals surface area (Å²) in [5.74, 6) is 2.88. The lowest BCUT2D eigenvalue weighted by molar-refractivity contribution is 0.413. The molecule has 4 aromatic rings. The summed E-state index contributed by atoms with van der Waals surface area (Å²) in [6.45, 7) is 2.89. The van der Waals surface area contributed by atoms with E-state index in [0.29, 0.717) is 5.92 Å². The maximum Gasteiger partial charge on any atom is 0.174 e. The van der Waals surface area contributed by atoms with Gasteiger partial charge in [-0.1, -0.05) is 24.3 Å². The third-order valence-electron chi connectivity index (χ3n) is 6.03. The first kappa shape index (κ1) is 21.5.